The van der Waals surface area contributed by atoms with E-state index in [0.29, 0.717) is 16.9 Å². The predicted octanol–water partition coefficient (Wildman–Crippen LogP) is 2.20. The monoisotopic (exact) mass is 207 g/mol. The minimum Gasteiger partial charge on any atom is -0.412 e. The summed E-state index contributed by atoms with van der Waals surface area (Å²) in [6, 6.07) is 0. The molecule has 0 atom stereocenters. The maximum atomic E-state index is 8.26. The molecule has 0 aromatic heterocycles. The summed E-state index contributed by atoms with van der Waals surface area (Å²) >= 11 is 0.639. The van der Waals surface area contributed by atoms with Gasteiger partial charge in [-0.1, -0.05) is 13.2 Å². The first-order chi connectivity index (χ1) is 5.18. The Labute approximate surface area is 85.2 Å². The lowest BCUT2D eigenvalue weighted by atomic mass is 10.1. The molecule has 5 N–H and O–H groups in total. The van der Waals surface area contributed by atoms with E-state index < -0.39 is 0 Å². The molecular weight excluding hydrogens is 186 g/mol. The van der Waals surface area contributed by atoms with Gasteiger partial charge in [0.15, 0.2) is 0 Å². The summed E-state index contributed by atoms with van der Waals surface area (Å²) in [5, 5.41) is 0. The molecule has 0 amide bonds. The van der Waals surface area contributed by atoms with Gasteiger partial charge in [0.25, 0.3) is 0 Å². The maximum Gasteiger partial charge on any atom is 0.0302 e. The molecular formula is C9H21NO2S. The quantitative estimate of drug-likeness (QED) is 0.538. The summed E-state index contributed by atoms with van der Waals surface area (Å²) in [6.45, 7) is 14.7. The molecule has 13 heavy (non-hydrogen) atoms. The van der Waals surface area contributed by atoms with Crippen LogP contribution in [0, 0.1) is 0 Å². The molecule has 0 heterocycles. The van der Waals surface area contributed by atoms with Crippen LogP contribution in [0.1, 0.15) is 27.7 Å². The average molecular weight is 207 g/mol. The molecule has 0 fully saturated rings. The van der Waals surface area contributed by atoms with Crippen LogP contribution in [0.15, 0.2) is 23.6 Å². The summed E-state index contributed by atoms with van der Waals surface area (Å²) in [6.07, 6.45) is 0. The normalized spacial score (nSPS) is 9.08. The van der Waals surface area contributed by atoms with E-state index in [4.69, 9.17) is 10.3 Å². The molecule has 4 heteroatoms. The van der Waals surface area contributed by atoms with Crippen molar-refractivity contribution in [3.05, 3.63) is 23.6 Å². The van der Waals surface area contributed by atoms with Crippen molar-refractivity contribution in [2.24, 2.45) is 5.73 Å². The first-order valence-electron chi connectivity index (χ1n) is 3.63. The van der Waals surface area contributed by atoms with Crippen LogP contribution < -0.4 is 5.73 Å². The van der Waals surface area contributed by atoms with Gasteiger partial charge in [0.1, 0.15) is 0 Å². The first-order valence-corrected chi connectivity index (χ1v) is 4.41. The Bertz CT molecular complexity index is 155. The van der Waals surface area contributed by atoms with Gasteiger partial charge in [-0.15, -0.1) is 0 Å². The van der Waals surface area contributed by atoms with Crippen molar-refractivity contribution < 1.29 is 10.0 Å². The molecule has 0 bridgehead atoms. The van der Waals surface area contributed by atoms with Gasteiger partial charge in [0, 0.05) is 22.5 Å². The van der Waals surface area contributed by atoms with Gasteiger partial charge in [-0.3, -0.25) is 0 Å². The van der Waals surface area contributed by atoms with E-state index in [1.54, 1.807) is 6.92 Å². The van der Waals surface area contributed by atoms with Gasteiger partial charge in [0.05, 0.1) is 0 Å². The average Bonchev–Trinajstić information content (AvgIpc) is 1.82. The van der Waals surface area contributed by atoms with Crippen molar-refractivity contribution in [3.8, 4) is 0 Å². The van der Waals surface area contributed by atoms with Crippen molar-refractivity contribution in [2.75, 3.05) is 0 Å². The third-order valence-corrected chi connectivity index (χ3v) is 1.16. The summed E-state index contributed by atoms with van der Waals surface area (Å²) in [7, 11) is 0. The van der Waals surface area contributed by atoms with Gasteiger partial charge >= 0.3 is 0 Å². The fraction of sp³-hybridized carbons (Fsp3) is 0.556. The molecule has 0 unspecified atom stereocenters. The summed E-state index contributed by atoms with van der Waals surface area (Å²) in [5.41, 5.74) is 6.17. The minimum absolute atomic E-state index is 0. The second-order valence-corrected chi connectivity index (χ2v) is 4.34. The number of nitrogens with two attached hydrogens (primary N) is 1. The lowest BCUT2D eigenvalue weighted by molar-refractivity contribution is 0.580. The minimum atomic E-state index is 0. The Hall–Kier alpha value is -0.290. The topological polar surface area (TPSA) is 77.8 Å². The lowest BCUT2D eigenvalue weighted by Crippen LogP contribution is -2.26. The number of rotatable bonds is 2. The van der Waals surface area contributed by atoms with Crippen LogP contribution >= 0.6 is 12.0 Å². The Balaban J connectivity index is -0.000000150. The highest BCUT2D eigenvalue weighted by Crippen LogP contribution is 2.14. The van der Waals surface area contributed by atoms with Gasteiger partial charge in [-0.2, -0.15) is 0 Å². The van der Waals surface area contributed by atoms with Crippen LogP contribution in [-0.2, 0) is 0 Å². The molecule has 0 aromatic rings. The SMILES string of the molecule is C=C(C)C(=C)SO.CC(C)(C)N.O. The van der Waals surface area contributed by atoms with E-state index in [1.165, 1.54) is 0 Å². The largest absolute Gasteiger partial charge is 0.412 e. The van der Waals surface area contributed by atoms with E-state index >= 15 is 0 Å². The van der Waals surface area contributed by atoms with E-state index in [9.17, 15) is 0 Å². The highest BCUT2D eigenvalue weighted by atomic mass is 32.2. The van der Waals surface area contributed by atoms with Crippen LogP contribution in [0.5, 0.6) is 0 Å². The molecule has 0 aliphatic rings. The maximum absolute atomic E-state index is 8.26. The molecule has 0 saturated heterocycles. The van der Waals surface area contributed by atoms with Crippen molar-refractivity contribution in [1.82, 2.24) is 0 Å². The van der Waals surface area contributed by atoms with Gasteiger partial charge in [-0.05, 0) is 33.3 Å². The lowest BCUT2D eigenvalue weighted by Gasteiger charge is -2.06. The molecule has 0 aliphatic carbocycles. The second-order valence-electron chi connectivity index (χ2n) is 3.66. The van der Waals surface area contributed by atoms with Crippen LogP contribution in [0.4, 0.5) is 0 Å². The Morgan fingerprint density at radius 1 is 1.31 bits per heavy atom. The van der Waals surface area contributed by atoms with E-state index in [1.807, 2.05) is 20.8 Å². The summed E-state index contributed by atoms with van der Waals surface area (Å²) in [5.74, 6) is 0. The van der Waals surface area contributed by atoms with Crippen molar-refractivity contribution in [2.45, 2.75) is 33.2 Å². The molecule has 0 spiro atoms. The second kappa shape index (κ2) is 8.31. The van der Waals surface area contributed by atoms with Gasteiger partial charge in [0.2, 0.25) is 0 Å². The highest BCUT2D eigenvalue weighted by Gasteiger charge is 1.95. The Morgan fingerprint density at radius 2 is 1.54 bits per heavy atom. The van der Waals surface area contributed by atoms with E-state index in [-0.39, 0.29) is 11.0 Å². The molecule has 0 rings (SSSR count). The van der Waals surface area contributed by atoms with Crippen molar-refractivity contribution in [3.63, 3.8) is 0 Å². The zero-order valence-electron chi connectivity index (χ0n) is 8.85. The highest BCUT2D eigenvalue weighted by molar-refractivity contribution is 7.97. The first kappa shape index (κ1) is 18.5. The number of hydrogen-bond acceptors (Lipinski definition) is 3. The van der Waals surface area contributed by atoms with Crippen molar-refractivity contribution >= 4 is 12.0 Å². The molecule has 3 nitrogen and oxygen atoms in total. The molecule has 80 valence electrons. The van der Waals surface area contributed by atoms with Gasteiger partial charge in [-0.25, -0.2) is 0 Å². The summed E-state index contributed by atoms with van der Waals surface area (Å²) < 4.78 is 8.26. The zero-order valence-corrected chi connectivity index (χ0v) is 9.66. The fourth-order valence-electron chi connectivity index (χ4n) is 0.0779. The third kappa shape index (κ3) is 33.9. The molecule has 0 aliphatic heterocycles. The molecule has 0 radical (unpaired) electrons. The van der Waals surface area contributed by atoms with E-state index in [0.717, 1.165) is 5.57 Å². The van der Waals surface area contributed by atoms with Gasteiger partial charge < -0.3 is 15.8 Å². The number of allylic oxidation sites excluding steroid dienone is 1. The van der Waals surface area contributed by atoms with Crippen LogP contribution in [0.25, 0.3) is 0 Å². The predicted molar refractivity (Wildman–Crippen MR) is 61.7 cm³/mol. The Kier molecular flexibility index (Phi) is 11.8. The fourth-order valence-corrected chi connectivity index (χ4v) is 0.234. The number of hydrogen-bond donors (Lipinski definition) is 2. The molecule has 0 saturated carbocycles. The smallest absolute Gasteiger partial charge is 0.0302 e. The van der Waals surface area contributed by atoms with Crippen LogP contribution in [0.2, 0.25) is 0 Å². The standard InChI is InChI=1S/C5H8OS.C4H11N.H2O/c1-4(2)5(3)7-6;1-4(2,3)5;/h6H,1,3H2,2H3;5H2,1-3H3;1H2. The zero-order chi connectivity index (χ0) is 10.4. The summed E-state index contributed by atoms with van der Waals surface area (Å²) in [4.78, 5) is 0.625. The third-order valence-electron chi connectivity index (χ3n) is 0.586. The van der Waals surface area contributed by atoms with Crippen molar-refractivity contribution in [1.29, 1.82) is 0 Å². The van der Waals surface area contributed by atoms with E-state index in [2.05, 4.69) is 13.2 Å². The molecule has 0 aromatic carbocycles. The Morgan fingerprint density at radius 3 is 1.54 bits per heavy atom. The van der Waals surface area contributed by atoms with Crippen LogP contribution in [-0.4, -0.2) is 15.6 Å². The van der Waals surface area contributed by atoms with Crippen LogP contribution in [0.3, 0.4) is 0 Å².